The van der Waals surface area contributed by atoms with E-state index in [0.717, 1.165) is 44.6 Å². The average molecular weight is 372 g/mol. The van der Waals surface area contributed by atoms with Crippen LogP contribution in [0.25, 0.3) is 0 Å². The highest BCUT2D eigenvalue weighted by Gasteiger charge is 2.18. The van der Waals surface area contributed by atoms with Crippen LogP contribution in [0.2, 0.25) is 10.0 Å². The number of amides is 1. The molecule has 0 radical (unpaired) electrons. The van der Waals surface area contributed by atoms with E-state index in [1.807, 2.05) is 0 Å². The van der Waals surface area contributed by atoms with Crippen LogP contribution >= 0.6 is 23.2 Å². The molecule has 1 saturated heterocycles. The van der Waals surface area contributed by atoms with Gasteiger partial charge < -0.3 is 9.64 Å². The molecule has 5 nitrogen and oxygen atoms in total. The van der Waals surface area contributed by atoms with Gasteiger partial charge in [-0.1, -0.05) is 30.1 Å². The second-order valence-corrected chi connectivity index (χ2v) is 6.67. The van der Waals surface area contributed by atoms with E-state index in [9.17, 15) is 4.79 Å². The van der Waals surface area contributed by atoms with Crippen molar-refractivity contribution in [3.63, 3.8) is 0 Å². The molecule has 1 aromatic carbocycles. The van der Waals surface area contributed by atoms with E-state index in [0.29, 0.717) is 15.8 Å². The number of nitrogens with one attached hydrogen (secondary N) is 1. The van der Waals surface area contributed by atoms with E-state index in [4.69, 9.17) is 27.9 Å². The van der Waals surface area contributed by atoms with Crippen molar-refractivity contribution in [3.8, 4) is 5.75 Å². The Labute approximate surface area is 152 Å². The number of rotatable bonds is 6. The van der Waals surface area contributed by atoms with E-state index in [1.165, 1.54) is 0 Å². The van der Waals surface area contributed by atoms with Crippen LogP contribution in [0.5, 0.6) is 5.75 Å². The van der Waals surface area contributed by atoms with Crippen LogP contribution in [0.15, 0.2) is 23.3 Å². The van der Waals surface area contributed by atoms with Crippen molar-refractivity contribution >= 4 is 34.8 Å². The largest absolute Gasteiger partial charge is 0.479 e. The summed E-state index contributed by atoms with van der Waals surface area (Å²) in [5.74, 6) is 0.119. The van der Waals surface area contributed by atoms with E-state index >= 15 is 0 Å². The molecule has 7 heteroatoms. The molecule has 2 rings (SSSR count). The molecule has 1 aliphatic heterocycles. The smallest absolute Gasteiger partial charge is 0.280 e. The second-order valence-electron chi connectivity index (χ2n) is 5.83. The monoisotopic (exact) mass is 371 g/mol. The lowest BCUT2D eigenvalue weighted by molar-refractivity contribution is -0.127. The first-order chi connectivity index (χ1) is 11.5. The van der Waals surface area contributed by atoms with Crippen LogP contribution in [0.4, 0.5) is 0 Å². The summed E-state index contributed by atoms with van der Waals surface area (Å²) in [4.78, 5) is 14.5. The number of hydrogen-bond acceptors (Lipinski definition) is 4. The van der Waals surface area contributed by atoms with E-state index < -0.39 is 6.10 Å². The van der Waals surface area contributed by atoms with Gasteiger partial charge in [-0.25, -0.2) is 5.43 Å². The lowest BCUT2D eigenvalue weighted by Gasteiger charge is -2.26. The molecule has 0 bridgehead atoms. The van der Waals surface area contributed by atoms with Crippen molar-refractivity contribution in [2.75, 3.05) is 19.6 Å². The van der Waals surface area contributed by atoms with Crippen molar-refractivity contribution in [2.24, 2.45) is 5.10 Å². The van der Waals surface area contributed by atoms with Gasteiger partial charge in [0.2, 0.25) is 0 Å². The molecule has 1 amide bonds. The minimum atomic E-state index is -0.701. The van der Waals surface area contributed by atoms with Crippen LogP contribution in [0, 0.1) is 0 Å². The maximum absolute atomic E-state index is 12.1. The lowest BCUT2D eigenvalue weighted by Crippen LogP contribution is -2.37. The van der Waals surface area contributed by atoms with E-state index in [2.05, 4.69) is 22.4 Å². The number of nitrogens with zero attached hydrogens (tertiary/aromatic N) is 2. The number of piperidine rings is 1. The molecule has 0 saturated carbocycles. The number of benzene rings is 1. The molecule has 1 heterocycles. The topological polar surface area (TPSA) is 53.9 Å². The summed E-state index contributed by atoms with van der Waals surface area (Å²) in [5, 5.41) is 5.12. The minimum absolute atomic E-state index is 0.301. The zero-order valence-corrected chi connectivity index (χ0v) is 15.5. The SMILES string of the molecule is CCCN1CCC(=NNC(=O)C(C)Oc2ccc(Cl)cc2Cl)CC1. The summed E-state index contributed by atoms with van der Waals surface area (Å²) in [7, 11) is 0. The molecule has 1 aromatic rings. The predicted octanol–water partition coefficient (Wildman–Crippen LogP) is 3.74. The maximum Gasteiger partial charge on any atom is 0.280 e. The summed E-state index contributed by atoms with van der Waals surface area (Å²) in [6.07, 6.45) is 2.23. The highest BCUT2D eigenvalue weighted by molar-refractivity contribution is 6.35. The van der Waals surface area contributed by atoms with Crippen LogP contribution in [-0.2, 0) is 4.79 Å². The van der Waals surface area contributed by atoms with Crippen LogP contribution in [0.1, 0.15) is 33.1 Å². The number of hydrazone groups is 1. The summed E-state index contributed by atoms with van der Waals surface area (Å²) in [6.45, 7) is 6.94. The van der Waals surface area contributed by atoms with Gasteiger partial charge in [0.15, 0.2) is 6.10 Å². The average Bonchev–Trinajstić information content (AvgIpc) is 2.56. The lowest BCUT2D eigenvalue weighted by atomic mass is 10.1. The molecule has 24 heavy (non-hydrogen) atoms. The van der Waals surface area contributed by atoms with Crippen molar-refractivity contribution < 1.29 is 9.53 Å². The number of carbonyl (C=O) groups is 1. The Kier molecular flexibility index (Phi) is 7.34. The quantitative estimate of drug-likeness (QED) is 0.774. The Bertz CT molecular complexity index is 597. The Hall–Kier alpha value is -1.30. The predicted molar refractivity (Wildman–Crippen MR) is 98.1 cm³/mol. The molecule has 132 valence electrons. The van der Waals surface area contributed by atoms with Gasteiger partial charge in [0, 0.05) is 36.7 Å². The zero-order valence-electron chi connectivity index (χ0n) is 14.0. The Morgan fingerprint density at radius 2 is 2.08 bits per heavy atom. The first-order valence-corrected chi connectivity index (χ1v) is 8.94. The van der Waals surface area contributed by atoms with Crippen molar-refractivity contribution in [2.45, 2.75) is 39.2 Å². The molecule has 0 aliphatic carbocycles. The summed E-state index contributed by atoms with van der Waals surface area (Å²) in [6, 6.07) is 4.88. The molecule has 1 fully saturated rings. The fourth-order valence-electron chi connectivity index (χ4n) is 2.50. The van der Waals surface area contributed by atoms with Crippen molar-refractivity contribution in [1.29, 1.82) is 0 Å². The highest BCUT2D eigenvalue weighted by atomic mass is 35.5. The van der Waals surface area contributed by atoms with Gasteiger partial charge >= 0.3 is 0 Å². The highest BCUT2D eigenvalue weighted by Crippen LogP contribution is 2.28. The normalized spacial score (nSPS) is 16.6. The molecule has 0 aromatic heterocycles. The van der Waals surface area contributed by atoms with Gasteiger partial charge in [0.25, 0.3) is 5.91 Å². The first kappa shape index (κ1) is 19.0. The minimum Gasteiger partial charge on any atom is -0.479 e. The van der Waals surface area contributed by atoms with Gasteiger partial charge in [0.05, 0.1) is 5.02 Å². The number of carbonyl (C=O) groups excluding carboxylic acids is 1. The third-order valence-corrected chi connectivity index (χ3v) is 4.39. The Morgan fingerprint density at radius 3 is 2.71 bits per heavy atom. The molecule has 1 atom stereocenters. The van der Waals surface area contributed by atoms with Crippen LogP contribution in [0.3, 0.4) is 0 Å². The first-order valence-electron chi connectivity index (χ1n) is 8.19. The number of likely N-dealkylation sites (tertiary alicyclic amines) is 1. The van der Waals surface area contributed by atoms with Gasteiger partial charge in [0.1, 0.15) is 5.75 Å². The molecule has 0 spiro atoms. The van der Waals surface area contributed by atoms with Gasteiger partial charge in [-0.2, -0.15) is 5.10 Å². The van der Waals surface area contributed by atoms with Crippen molar-refractivity contribution in [1.82, 2.24) is 10.3 Å². The Morgan fingerprint density at radius 1 is 1.38 bits per heavy atom. The summed E-state index contributed by atoms with van der Waals surface area (Å²) < 4.78 is 5.57. The van der Waals surface area contributed by atoms with Gasteiger partial charge in [-0.05, 0) is 38.1 Å². The third-order valence-electron chi connectivity index (χ3n) is 3.86. The van der Waals surface area contributed by atoms with Crippen LogP contribution < -0.4 is 10.2 Å². The molecular weight excluding hydrogens is 349 g/mol. The number of ether oxygens (including phenoxy) is 1. The zero-order chi connectivity index (χ0) is 17.5. The second kappa shape index (κ2) is 9.25. The molecular formula is C17H23Cl2N3O2. The number of halogens is 2. The summed E-state index contributed by atoms with van der Waals surface area (Å²) >= 11 is 11.9. The van der Waals surface area contributed by atoms with E-state index in [-0.39, 0.29) is 5.91 Å². The molecule has 1 unspecified atom stereocenters. The standard InChI is InChI=1S/C17H23Cl2N3O2/c1-3-8-22-9-6-14(7-10-22)20-21-17(23)12(2)24-16-5-4-13(18)11-15(16)19/h4-5,11-12H,3,6-10H2,1-2H3,(H,21,23). The van der Waals surface area contributed by atoms with E-state index in [1.54, 1.807) is 25.1 Å². The third kappa shape index (κ3) is 5.65. The fraction of sp³-hybridized carbons (Fsp3) is 0.529. The number of hydrogen-bond donors (Lipinski definition) is 1. The fourth-order valence-corrected chi connectivity index (χ4v) is 2.96. The van der Waals surface area contributed by atoms with Gasteiger partial charge in [-0.15, -0.1) is 0 Å². The molecule has 1 N–H and O–H groups in total. The van der Waals surface area contributed by atoms with Crippen LogP contribution in [-0.4, -0.2) is 42.3 Å². The molecule has 1 aliphatic rings. The maximum atomic E-state index is 12.1. The van der Waals surface area contributed by atoms with Gasteiger partial charge in [-0.3, -0.25) is 4.79 Å². The Balaban J connectivity index is 1.82. The van der Waals surface area contributed by atoms with Crippen molar-refractivity contribution in [3.05, 3.63) is 28.2 Å². The summed E-state index contributed by atoms with van der Waals surface area (Å²) in [5.41, 5.74) is 3.61.